The lowest BCUT2D eigenvalue weighted by Crippen LogP contribution is -2.51. The Hall–Kier alpha value is -3.51. The van der Waals surface area contributed by atoms with E-state index in [1.54, 1.807) is 12.1 Å². The average molecular weight is 517 g/mol. The summed E-state index contributed by atoms with van der Waals surface area (Å²) in [5.41, 5.74) is 10.5. The van der Waals surface area contributed by atoms with Gasteiger partial charge >= 0.3 is 0 Å². The van der Waals surface area contributed by atoms with Crippen molar-refractivity contribution >= 4 is 44.9 Å². The number of rotatable bonds is 11. The molecule has 1 heterocycles. The number of hydrogen-bond donors (Lipinski definition) is 4. The first-order chi connectivity index (χ1) is 17.2. The fourth-order valence-electron chi connectivity index (χ4n) is 4.08. The Morgan fingerprint density at radius 2 is 1.92 bits per heavy atom. The largest absolute Gasteiger partial charge is 0.370 e. The number of carbonyl (C=O) groups is 3. The molecule has 0 spiro atoms. The van der Waals surface area contributed by atoms with Gasteiger partial charge in [0, 0.05) is 13.1 Å². The SMILES string of the molecule is NC(N)=NCCCC(C=O)NC(=O)CN1CCCCC(NS(=O)(=O)c2ccc3ccccc3c2)C1=O. The Morgan fingerprint density at radius 3 is 2.64 bits per heavy atom. The maximum Gasteiger partial charge on any atom is 0.241 e. The van der Waals surface area contributed by atoms with Gasteiger partial charge in [0.25, 0.3) is 0 Å². The fraction of sp³-hybridized carbons (Fsp3) is 0.417. The van der Waals surface area contributed by atoms with Gasteiger partial charge in [-0.2, -0.15) is 4.72 Å². The lowest BCUT2D eigenvalue weighted by molar-refractivity contribution is -0.137. The number of aliphatic imine (C=N–C) groups is 1. The van der Waals surface area contributed by atoms with Gasteiger partial charge in [-0.05, 0) is 55.0 Å². The quantitative estimate of drug-likeness (QED) is 0.143. The maximum atomic E-state index is 13.1. The highest BCUT2D eigenvalue weighted by atomic mass is 32.2. The molecule has 1 aliphatic heterocycles. The lowest BCUT2D eigenvalue weighted by atomic mass is 10.1. The van der Waals surface area contributed by atoms with E-state index in [-0.39, 0.29) is 17.4 Å². The lowest BCUT2D eigenvalue weighted by Gasteiger charge is -2.25. The minimum absolute atomic E-state index is 0.0489. The molecule has 2 unspecified atom stereocenters. The zero-order valence-electron chi connectivity index (χ0n) is 19.9. The van der Waals surface area contributed by atoms with Crippen LogP contribution in [0.4, 0.5) is 0 Å². The summed E-state index contributed by atoms with van der Waals surface area (Å²) in [4.78, 5) is 42.3. The number of carbonyl (C=O) groups excluding carboxylic acids is 3. The van der Waals surface area contributed by atoms with Crippen molar-refractivity contribution in [2.24, 2.45) is 16.5 Å². The van der Waals surface area contributed by atoms with Crippen LogP contribution in [-0.2, 0) is 24.4 Å². The number of nitrogens with one attached hydrogen (secondary N) is 2. The molecule has 0 saturated carbocycles. The van der Waals surface area contributed by atoms with Crippen LogP contribution in [0.3, 0.4) is 0 Å². The number of nitrogens with two attached hydrogens (primary N) is 2. The summed E-state index contributed by atoms with van der Waals surface area (Å²) >= 11 is 0. The van der Waals surface area contributed by atoms with Crippen LogP contribution in [0.2, 0.25) is 0 Å². The highest BCUT2D eigenvalue weighted by molar-refractivity contribution is 7.89. The summed E-state index contributed by atoms with van der Waals surface area (Å²) in [7, 11) is -3.97. The summed E-state index contributed by atoms with van der Waals surface area (Å²) in [5, 5.41) is 4.28. The molecule has 11 nitrogen and oxygen atoms in total. The molecule has 12 heteroatoms. The smallest absolute Gasteiger partial charge is 0.241 e. The van der Waals surface area contributed by atoms with Crippen LogP contribution >= 0.6 is 0 Å². The molecule has 3 rings (SSSR count). The van der Waals surface area contributed by atoms with E-state index in [1.165, 1.54) is 11.0 Å². The zero-order valence-corrected chi connectivity index (χ0v) is 20.7. The fourth-order valence-corrected chi connectivity index (χ4v) is 5.34. The maximum absolute atomic E-state index is 13.1. The molecule has 1 aliphatic rings. The number of sulfonamides is 1. The molecular formula is C24H32N6O5S. The minimum atomic E-state index is -3.97. The predicted molar refractivity (Wildman–Crippen MR) is 136 cm³/mol. The minimum Gasteiger partial charge on any atom is -0.370 e. The van der Waals surface area contributed by atoms with E-state index in [2.05, 4.69) is 15.0 Å². The second-order valence-corrected chi connectivity index (χ2v) is 10.4. The number of aldehydes is 1. The number of hydrogen-bond acceptors (Lipinski definition) is 6. The Labute approximate surface area is 210 Å². The highest BCUT2D eigenvalue weighted by Gasteiger charge is 2.32. The second-order valence-electron chi connectivity index (χ2n) is 8.70. The molecule has 0 radical (unpaired) electrons. The van der Waals surface area contributed by atoms with E-state index in [4.69, 9.17) is 11.5 Å². The number of fused-ring (bicyclic) bond motifs is 1. The Bertz CT molecular complexity index is 1230. The molecular weight excluding hydrogens is 484 g/mol. The monoisotopic (exact) mass is 516 g/mol. The highest BCUT2D eigenvalue weighted by Crippen LogP contribution is 2.20. The molecule has 0 aliphatic carbocycles. The van der Waals surface area contributed by atoms with Crippen LogP contribution in [0.25, 0.3) is 10.8 Å². The summed E-state index contributed by atoms with van der Waals surface area (Å²) in [5.74, 6) is -1.02. The van der Waals surface area contributed by atoms with Crippen molar-refractivity contribution in [3.8, 4) is 0 Å². The molecule has 2 aromatic carbocycles. The van der Waals surface area contributed by atoms with Crippen LogP contribution in [0.1, 0.15) is 32.1 Å². The van der Waals surface area contributed by atoms with Crippen LogP contribution in [0, 0.1) is 0 Å². The van der Waals surface area contributed by atoms with Gasteiger partial charge in [0.05, 0.1) is 17.5 Å². The van der Waals surface area contributed by atoms with E-state index in [9.17, 15) is 22.8 Å². The molecule has 0 bridgehead atoms. The van der Waals surface area contributed by atoms with Crippen LogP contribution in [0.5, 0.6) is 0 Å². The van der Waals surface area contributed by atoms with Crippen molar-refractivity contribution in [1.82, 2.24) is 14.9 Å². The molecule has 2 atom stereocenters. The van der Waals surface area contributed by atoms with Crippen molar-refractivity contribution in [1.29, 1.82) is 0 Å². The molecule has 194 valence electrons. The normalized spacial score (nSPS) is 17.3. The Kier molecular flexibility index (Phi) is 9.37. The Morgan fingerprint density at radius 1 is 1.17 bits per heavy atom. The van der Waals surface area contributed by atoms with Gasteiger partial charge in [0.1, 0.15) is 12.3 Å². The van der Waals surface area contributed by atoms with E-state index in [0.717, 1.165) is 10.8 Å². The van der Waals surface area contributed by atoms with Gasteiger partial charge in [-0.3, -0.25) is 14.6 Å². The van der Waals surface area contributed by atoms with Gasteiger partial charge in [-0.25, -0.2) is 8.42 Å². The van der Waals surface area contributed by atoms with Crippen molar-refractivity contribution < 1.29 is 22.8 Å². The van der Waals surface area contributed by atoms with Gasteiger partial charge < -0.3 is 26.5 Å². The number of guanidine groups is 1. The first kappa shape index (κ1) is 27.1. The van der Waals surface area contributed by atoms with Gasteiger partial charge in [-0.1, -0.05) is 30.3 Å². The zero-order chi connectivity index (χ0) is 26.1. The summed E-state index contributed by atoms with van der Waals surface area (Å²) in [6.07, 6.45) is 3.03. The molecule has 2 amide bonds. The summed E-state index contributed by atoms with van der Waals surface area (Å²) in [6, 6.07) is 10.5. The van der Waals surface area contributed by atoms with Gasteiger partial charge in [0.2, 0.25) is 21.8 Å². The van der Waals surface area contributed by atoms with Crippen molar-refractivity contribution in [2.45, 2.75) is 49.1 Å². The molecule has 2 aromatic rings. The van der Waals surface area contributed by atoms with E-state index in [0.29, 0.717) is 51.5 Å². The van der Waals surface area contributed by atoms with Crippen LogP contribution < -0.4 is 21.5 Å². The third-order valence-electron chi connectivity index (χ3n) is 5.92. The summed E-state index contributed by atoms with van der Waals surface area (Å²) in [6.45, 7) is 0.369. The number of likely N-dealkylation sites (tertiary alicyclic amines) is 1. The number of benzene rings is 2. The third-order valence-corrected chi connectivity index (χ3v) is 7.39. The van der Waals surface area contributed by atoms with Crippen LogP contribution in [-0.4, -0.2) is 69.1 Å². The van der Waals surface area contributed by atoms with E-state index in [1.807, 2.05) is 24.3 Å². The van der Waals surface area contributed by atoms with E-state index >= 15 is 0 Å². The van der Waals surface area contributed by atoms with Crippen molar-refractivity contribution in [3.63, 3.8) is 0 Å². The first-order valence-electron chi connectivity index (χ1n) is 11.8. The molecule has 0 aromatic heterocycles. The molecule has 6 N–H and O–H groups in total. The first-order valence-corrected chi connectivity index (χ1v) is 13.3. The average Bonchev–Trinajstić information content (AvgIpc) is 3.01. The number of amides is 2. The van der Waals surface area contributed by atoms with Crippen molar-refractivity contribution in [2.75, 3.05) is 19.6 Å². The molecule has 36 heavy (non-hydrogen) atoms. The van der Waals surface area contributed by atoms with Gasteiger partial charge in [-0.15, -0.1) is 0 Å². The second kappa shape index (κ2) is 12.5. The molecule has 1 fully saturated rings. The van der Waals surface area contributed by atoms with Crippen LogP contribution in [0.15, 0.2) is 52.4 Å². The third kappa shape index (κ3) is 7.49. The topological polar surface area (TPSA) is 177 Å². The summed E-state index contributed by atoms with van der Waals surface area (Å²) < 4.78 is 28.6. The molecule has 1 saturated heterocycles. The standard InChI is InChI=1S/C24H32N6O5S/c25-24(26)27-12-5-8-19(16-31)28-22(32)15-30-13-4-3-9-21(23(30)33)29-36(34,35)20-11-10-17-6-1-2-7-18(17)14-20/h1-2,6-7,10-11,14,16,19,21,29H,3-5,8-9,12-13,15H2,(H,28,32)(H4,25,26,27). The predicted octanol–water partition coefficient (Wildman–Crippen LogP) is 0.237. The van der Waals surface area contributed by atoms with Crippen molar-refractivity contribution in [3.05, 3.63) is 42.5 Å². The Balaban J connectivity index is 1.62. The van der Waals surface area contributed by atoms with Gasteiger partial charge in [0.15, 0.2) is 5.96 Å². The van der Waals surface area contributed by atoms with E-state index < -0.39 is 33.9 Å². The number of nitrogens with zero attached hydrogens (tertiary/aromatic N) is 2.